The summed E-state index contributed by atoms with van der Waals surface area (Å²) in [6, 6.07) is 24.1. The van der Waals surface area contributed by atoms with E-state index < -0.39 is 10.0 Å². The first kappa shape index (κ1) is 29.7. The van der Waals surface area contributed by atoms with E-state index in [2.05, 4.69) is 22.3 Å². The second-order valence-corrected chi connectivity index (χ2v) is 14.9. The van der Waals surface area contributed by atoms with Crippen LogP contribution in [0.25, 0.3) is 0 Å². The van der Waals surface area contributed by atoms with Crippen molar-refractivity contribution in [1.29, 1.82) is 0 Å². The molecule has 0 spiro atoms. The predicted molar refractivity (Wildman–Crippen MR) is 177 cm³/mol. The Bertz CT molecular complexity index is 1830. The number of amides is 2. The van der Waals surface area contributed by atoms with Gasteiger partial charge in [-0.2, -0.15) is 0 Å². The maximum atomic E-state index is 13.8. The SMILES string of the molecule is O=C(Nc1sc2c(c1C(=O)N1CCCC1)CCN(Cc1ccccc1)C2)c1ccc(S(=O)(=O)N2CCCc3ccccc32)cc1. The van der Waals surface area contributed by atoms with Crippen LogP contribution in [-0.4, -0.2) is 56.2 Å². The molecule has 4 heterocycles. The number of sulfonamides is 1. The number of thiophene rings is 1. The fourth-order valence-electron chi connectivity index (χ4n) is 6.66. The maximum absolute atomic E-state index is 13.8. The molecule has 45 heavy (non-hydrogen) atoms. The molecular weight excluding hydrogens is 605 g/mol. The van der Waals surface area contributed by atoms with Gasteiger partial charge in [-0.15, -0.1) is 11.3 Å². The van der Waals surface area contributed by atoms with Crippen LogP contribution in [-0.2, 0) is 36.0 Å². The molecule has 1 fully saturated rings. The van der Waals surface area contributed by atoms with Crippen molar-refractivity contribution in [1.82, 2.24) is 9.80 Å². The normalized spacial score (nSPS) is 16.7. The zero-order valence-electron chi connectivity index (χ0n) is 25.1. The summed E-state index contributed by atoms with van der Waals surface area (Å²) in [5.41, 5.74) is 4.97. The van der Waals surface area contributed by atoms with Crippen molar-refractivity contribution in [3.63, 3.8) is 0 Å². The number of hydrogen-bond acceptors (Lipinski definition) is 6. The van der Waals surface area contributed by atoms with Crippen molar-refractivity contribution in [3.05, 3.63) is 112 Å². The number of para-hydroxylation sites is 1. The first-order valence-electron chi connectivity index (χ1n) is 15.6. The molecule has 2 amide bonds. The fourth-order valence-corrected chi connectivity index (χ4v) is 9.47. The van der Waals surface area contributed by atoms with Crippen molar-refractivity contribution in [2.75, 3.05) is 35.8 Å². The quantitative estimate of drug-likeness (QED) is 0.270. The number of aryl methyl sites for hydroxylation is 1. The summed E-state index contributed by atoms with van der Waals surface area (Å²) in [5.74, 6) is -0.377. The van der Waals surface area contributed by atoms with Crippen LogP contribution in [0, 0.1) is 0 Å². The number of likely N-dealkylation sites (tertiary alicyclic amines) is 1. The summed E-state index contributed by atoms with van der Waals surface area (Å²) >= 11 is 1.48. The molecule has 1 N–H and O–H groups in total. The molecule has 8 nitrogen and oxygen atoms in total. The Hall–Kier alpha value is -3.99. The molecule has 3 aliphatic rings. The molecule has 0 aliphatic carbocycles. The van der Waals surface area contributed by atoms with Gasteiger partial charge in [0.2, 0.25) is 0 Å². The molecule has 10 heteroatoms. The highest BCUT2D eigenvalue weighted by Gasteiger charge is 2.33. The third-order valence-corrected chi connectivity index (χ3v) is 12.0. The number of benzene rings is 3. The summed E-state index contributed by atoms with van der Waals surface area (Å²) in [6.07, 6.45) is 4.33. The van der Waals surface area contributed by atoms with E-state index in [1.807, 2.05) is 47.4 Å². The molecule has 7 rings (SSSR count). The smallest absolute Gasteiger partial charge is 0.264 e. The topological polar surface area (TPSA) is 90.0 Å². The highest BCUT2D eigenvalue weighted by atomic mass is 32.2. The maximum Gasteiger partial charge on any atom is 0.264 e. The van der Waals surface area contributed by atoms with Crippen LogP contribution in [0.15, 0.2) is 83.8 Å². The van der Waals surface area contributed by atoms with Gasteiger partial charge < -0.3 is 10.2 Å². The highest BCUT2D eigenvalue weighted by Crippen LogP contribution is 2.39. The third kappa shape index (κ3) is 5.90. The van der Waals surface area contributed by atoms with Gasteiger partial charge in [0, 0.05) is 49.7 Å². The van der Waals surface area contributed by atoms with Gasteiger partial charge in [-0.3, -0.25) is 18.8 Å². The van der Waals surface area contributed by atoms with Gasteiger partial charge in [0.1, 0.15) is 5.00 Å². The second-order valence-electron chi connectivity index (χ2n) is 11.9. The predicted octanol–water partition coefficient (Wildman–Crippen LogP) is 5.94. The zero-order valence-corrected chi connectivity index (χ0v) is 26.7. The molecule has 232 valence electrons. The minimum atomic E-state index is -3.79. The number of nitrogens with zero attached hydrogens (tertiary/aromatic N) is 3. The lowest BCUT2D eigenvalue weighted by atomic mass is 10.0. The first-order valence-corrected chi connectivity index (χ1v) is 17.9. The van der Waals surface area contributed by atoms with Crippen molar-refractivity contribution in [3.8, 4) is 0 Å². The minimum absolute atomic E-state index is 0.0138. The molecule has 4 aromatic rings. The Morgan fingerprint density at radius 2 is 1.53 bits per heavy atom. The Morgan fingerprint density at radius 1 is 0.800 bits per heavy atom. The molecule has 3 aliphatic heterocycles. The summed E-state index contributed by atoms with van der Waals surface area (Å²) in [5, 5.41) is 3.62. The van der Waals surface area contributed by atoms with Crippen molar-refractivity contribution in [2.45, 2.75) is 50.1 Å². The zero-order chi connectivity index (χ0) is 31.0. The van der Waals surface area contributed by atoms with Crippen molar-refractivity contribution < 1.29 is 18.0 Å². The number of fused-ring (bicyclic) bond motifs is 2. The number of carbonyl (C=O) groups is 2. The van der Waals surface area contributed by atoms with Crippen molar-refractivity contribution >= 4 is 43.9 Å². The van der Waals surface area contributed by atoms with E-state index in [0.29, 0.717) is 28.4 Å². The van der Waals surface area contributed by atoms with E-state index in [9.17, 15) is 18.0 Å². The third-order valence-electron chi connectivity index (χ3n) is 8.99. The van der Waals surface area contributed by atoms with Crippen LogP contribution in [0.2, 0.25) is 0 Å². The molecule has 0 atom stereocenters. The molecule has 1 aromatic heterocycles. The summed E-state index contributed by atoms with van der Waals surface area (Å²) in [4.78, 5) is 32.9. The molecule has 0 saturated carbocycles. The molecule has 3 aromatic carbocycles. The van der Waals surface area contributed by atoms with Crippen LogP contribution in [0.1, 0.15) is 61.5 Å². The van der Waals surface area contributed by atoms with E-state index in [4.69, 9.17) is 0 Å². The molecule has 0 unspecified atom stereocenters. The average molecular weight is 641 g/mol. The largest absolute Gasteiger partial charge is 0.339 e. The summed E-state index contributed by atoms with van der Waals surface area (Å²) < 4.78 is 28.7. The van der Waals surface area contributed by atoms with E-state index >= 15 is 0 Å². The first-order chi connectivity index (χ1) is 21.9. The lowest BCUT2D eigenvalue weighted by molar-refractivity contribution is 0.0792. The molecular formula is C35H36N4O4S2. The summed E-state index contributed by atoms with van der Waals surface area (Å²) in [6.45, 7) is 4.26. The molecule has 1 saturated heterocycles. The van der Waals surface area contributed by atoms with Crippen LogP contribution in [0.3, 0.4) is 0 Å². The van der Waals surface area contributed by atoms with Gasteiger partial charge in [0.05, 0.1) is 16.1 Å². The fraction of sp³-hybridized carbons (Fsp3) is 0.314. The number of rotatable bonds is 7. The highest BCUT2D eigenvalue weighted by molar-refractivity contribution is 7.92. The van der Waals surface area contributed by atoms with Gasteiger partial charge >= 0.3 is 0 Å². The number of nitrogens with one attached hydrogen (secondary N) is 1. The van der Waals surface area contributed by atoms with Gasteiger partial charge in [-0.05, 0) is 79.1 Å². The van der Waals surface area contributed by atoms with Crippen LogP contribution in [0.5, 0.6) is 0 Å². The van der Waals surface area contributed by atoms with Gasteiger partial charge in [-0.1, -0.05) is 48.5 Å². The lowest BCUT2D eigenvalue weighted by Crippen LogP contribution is -2.35. The molecule has 0 radical (unpaired) electrons. The summed E-state index contributed by atoms with van der Waals surface area (Å²) in [7, 11) is -3.79. The number of carbonyl (C=O) groups excluding carboxylic acids is 2. The minimum Gasteiger partial charge on any atom is -0.339 e. The van der Waals surface area contributed by atoms with Crippen LogP contribution < -0.4 is 9.62 Å². The van der Waals surface area contributed by atoms with E-state index in [0.717, 1.165) is 80.8 Å². The van der Waals surface area contributed by atoms with Crippen LogP contribution >= 0.6 is 11.3 Å². The second kappa shape index (κ2) is 12.4. The lowest BCUT2D eigenvalue weighted by Gasteiger charge is -2.30. The molecule has 0 bridgehead atoms. The Kier molecular flexibility index (Phi) is 8.20. The number of hydrogen-bond donors (Lipinski definition) is 1. The van der Waals surface area contributed by atoms with Gasteiger partial charge in [0.15, 0.2) is 0 Å². The van der Waals surface area contributed by atoms with Gasteiger partial charge in [-0.25, -0.2) is 8.42 Å². The van der Waals surface area contributed by atoms with E-state index in [-0.39, 0.29) is 16.7 Å². The van der Waals surface area contributed by atoms with E-state index in [1.165, 1.54) is 33.3 Å². The van der Waals surface area contributed by atoms with E-state index in [1.54, 1.807) is 12.1 Å². The monoisotopic (exact) mass is 640 g/mol. The van der Waals surface area contributed by atoms with Crippen LogP contribution in [0.4, 0.5) is 10.7 Å². The standard InChI is InChI=1S/C35H36N4O4S2/c40-33(27-14-16-28(17-15-27)45(42,43)39-21-8-12-26-11-4-5-13-30(26)39)36-34-32(35(41)38-19-6-7-20-38)29-18-22-37(24-31(29)44-34)23-25-9-2-1-3-10-25/h1-5,9-11,13-17H,6-8,12,18-24H2,(H,36,40). The number of anilines is 2. The Morgan fingerprint density at radius 3 is 2.31 bits per heavy atom. The van der Waals surface area contributed by atoms with Crippen molar-refractivity contribution in [2.24, 2.45) is 0 Å². The average Bonchev–Trinajstić information content (AvgIpc) is 3.73. The Balaban J connectivity index is 1.13. The Labute approximate surface area is 268 Å². The van der Waals surface area contributed by atoms with Gasteiger partial charge in [0.25, 0.3) is 21.8 Å².